The van der Waals surface area contributed by atoms with Crippen molar-refractivity contribution in [1.29, 1.82) is 0 Å². The molecule has 2 N–H and O–H groups in total. The van der Waals surface area contributed by atoms with Gasteiger partial charge in [-0.2, -0.15) is 0 Å². The molecule has 0 aliphatic carbocycles. The summed E-state index contributed by atoms with van der Waals surface area (Å²) in [4.78, 5) is 13.7. The van der Waals surface area contributed by atoms with E-state index in [1.807, 2.05) is 11.8 Å². The number of carbonyl (C=O) groups is 1. The van der Waals surface area contributed by atoms with Crippen LogP contribution in [-0.4, -0.2) is 29.9 Å². The van der Waals surface area contributed by atoms with Crippen LogP contribution in [0.2, 0.25) is 0 Å². The summed E-state index contributed by atoms with van der Waals surface area (Å²) >= 11 is 0. The monoisotopic (exact) mass is 198 g/mol. The fourth-order valence-corrected chi connectivity index (χ4v) is 1.74. The number of rotatable bonds is 2. The summed E-state index contributed by atoms with van der Waals surface area (Å²) < 4.78 is 0. The molecule has 0 unspecified atom stereocenters. The van der Waals surface area contributed by atoms with E-state index < -0.39 is 0 Å². The van der Waals surface area contributed by atoms with Gasteiger partial charge in [0.25, 0.3) is 0 Å². The second-order valence-corrected chi connectivity index (χ2v) is 5.00. The highest BCUT2D eigenvalue weighted by molar-refractivity contribution is 5.81. The standard InChI is InChI=1S/C11H22N2O/c1-4-9(12)10(14)13-7-5-11(2,3)6-8-13/h9H,4-8,12H2,1-3H3/t9-/m0/s1. The second-order valence-electron chi connectivity index (χ2n) is 5.00. The van der Waals surface area contributed by atoms with Crippen molar-refractivity contribution in [2.75, 3.05) is 13.1 Å². The van der Waals surface area contributed by atoms with Crippen LogP contribution in [0, 0.1) is 5.41 Å². The molecule has 1 heterocycles. The van der Waals surface area contributed by atoms with E-state index in [9.17, 15) is 4.79 Å². The third kappa shape index (κ3) is 2.71. The molecular weight excluding hydrogens is 176 g/mol. The van der Waals surface area contributed by atoms with Crippen LogP contribution in [0.25, 0.3) is 0 Å². The molecule has 1 aliphatic heterocycles. The van der Waals surface area contributed by atoms with Gasteiger partial charge in [-0.3, -0.25) is 4.79 Å². The number of nitrogens with two attached hydrogens (primary N) is 1. The van der Waals surface area contributed by atoms with Gasteiger partial charge in [0.15, 0.2) is 0 Å². The van der Waals surface area contributed by atoms with Gasteiger partial charge in [-0.25, -0.2) is 0 Å². The van der Waals surface area contributed by atoms with Gasteiger partial charge in [-0.05, 0) is 24.7 Å². The van der Waals surface area contributed by atoms with Gasteiger partial charge < -0.3 is 10.6 Å². The maximum atomic E-state index is 11.7. The van der Waals surface area contributed by atoms with Crippen LogP contribution in [-0.2, 0) is 4.79 Å². The lowest BCUT2D eigenvalue weighted by molar-refractivity contribution is -0.134. The molecule has 1 amide bonds. The first-order valence-electron chi connectivity index (χ1n) is 5.50. The van der Waals surface area contributed by atoms with Gasteiger partial charge in [-0.1, -0.05) is 20.8 Å². The van der Waals surface area contributed by atoms with Crippen molar-refractivity contribution in [2.45, 2.75) is 46.1 Å². The Morgan fingerprint density at radius 2 is 1.93 bits per heavy atom. The van der Waals surface area contributed by atoms with Gasteiger partial charge >= 0.3 is 0 Å². The third-order valence-electron chi connectivity index (χ3n) is 3.19. The Morgan fingerprint density at radius 1 is 1.43 bits per heavy atom. The number of hydrogen-bond donors (Lipinski definition) is 1. The molecule has 1 aliphatic rings. The Hall–Kier alpha value is -0.570. The van der Waals surface area contributed by atoms with Gasteiger partial charge in [-0.15, -0.1) is 0 Å². The molecule has 0 aromatic carbocycles. The summed E-state index contributed by atoms with van der Waals surface area (Å²) in [6.07, 6.45) is 2.92. The molecule has 82 valence electrons. The van der Waals surface area contributed by atoms with Crippen molar-refractivity contribution in [3.8, 4) is 0 Å². The normalized spacial score (nSPS) is 23.3. The molecule has 1 saturated heterocycles. The molecular formula is C11H22N2O. The molecule has 3 heteroatoms. The topological polar surface area (TPSA) is 46.3 Å². The second kappa shape index (κ2) is 4.30. The summed E-state index contributed by atoms with van der Waals surface area (Å²) in [5.74, 6) is 0.128. The molecule has 0 saturated carbocycles. The zero-order chi connectivity index (χ0) is 10.8. The Balaban J connectivity index is 2.46. The van der Waals surface area contributed by atoms with Crippen molar-refractivity contribution in [1.82, 2.24) is 4.90 Å². The maximum Gasteiger partial charge on any atom is 0.239 e. The number of carbonyl (C=O) groups excluding carboxylic acids is 1. The number of hydrogen-bond acceptors (Lipinski definition) is 2. The van der Waals surface area contributed by atoms with Crippen molar-refractivity contribution in [2.24, 2.45) is 11.1 Å². The average molecular weight is 198 g/mol. The van der Waals surface area contributed by atoms with E-state index in [1.165, 1.54) is 0 Å². The van der Waals surface area contributed by atoms with Crippen LogP contribution in [0.1, 0.15) is 40.0 Å². The van der Waals surface area contributed by atoms with E-state index in [-0.39, 0.29) is 11.9 Å². The zero-order valence-electron chi connectivity index (χ0n) is 9.55. The summed E-state index contributed by atoms with van der Waals surface area (Å²) in [7, 11) is 0. The number of nitrogens with zero attached hydrogens (tertiary/aromatic N) is 1. The summed E-state index contributed by atoms with van der Waals surface area (Å²) in [6, 6.07) is -0.295. The van der Waals surface area contributed by atoms with Gasteiger partial charge in [0.1, 0.15) is 0 Å². The number of likely N-dealkylation sites (tertiary alicyclic amines) is 1. The minimum absolute atomic E-state index is 0.128. The summed E-state index contributed by atoms with van der Waals surface area (Å²) in [5.41, 5.74) is 6.12. The number of piperidine rings is 1. The van der Waals surface area contributed by atoms with E-state index in [0.29, 0.717) is 5.41 Å². The number of amides is 1. The van der Waals surface area contributed by atoms with Crippen molar-refractivity contribution < 1.29 is 4.79 Å². The van der Waals surface area contributed by atoms with Gasteiger partial charge in [0.2, 0.25) is 5.91 Å². The largest absolute Gasteiger partial charge is 0.341 e. The lowest BCUT2D eigenvalue weighted by atomic mass is 9.82. The molecule has 0 aromatic heterocycles. The van der Waals surface area contributed by atoms with Crippen molar-refractivity contribution >= 4 is 5.91 Å². The predicted molar refractivity (Wildman–Crippen MR) is 57.9 cm³/mol. The Morgan fingerprint density at radius 3 is 2.36 bits per heavy atom. The fourth-order valence-electron chi connectivity index (χ4n) is 1.74. The molecule has 1 rings (SSSR count). The molecule has 1 fully saturated rings. The molecule has 0 aromatic rings. The van der Waals surface area contributed by atoms with Crippen LogP contribution in [0.15, 0.2) is 0 Å². The molecule has 1 atom stereocenters. The van der Waals surface area contributed by atoms with E-state index in [4.69, 9.17) is 5.73 Å². The highest BCUT2D eigenvalue weighted by atomic mass is 16.2. The van der Waals surface area contributed by atoms with E-state index >= 15 is 0 Å². The highest BCUT2D eigenvalue weighted by Crippen LogP contribution is 2.29. The molecule has 3 nitrogen and oxygen atoms in total. The molecule has 0 bridgehead atoms. The molecule has 0 radical (unpaired) electrons. The van der Waals surface area contributed by atoms with Crippen molar-refractivity contribution in [3.63, 3.8) is 0 Å². The lowest BCUT2D eigenvalue weighted by Gasteiger charge is -2.37. The predicted octanol–water partition coefficient (Wildman–Crippen LogP) is 1.37. The quantitative estimate of drug-likeness (QED) is 0.728. The SMILES string of the molecule is CC[C@H](N)C(=O)N1CCC(C)(C)CC1. The van der Waals surface area contributed by atoms with Crippen LogP contribution < -0.4 is 5.73 Å². The van der Waals surface area contributed by atoms with Crippen LogP contribution >= 0.6 is 0 Å². The van der Waals surface area contributed by atoms with Gasteiger partial charge in [0, 0.05) is 13.1 Å². The first-order valence-corrected chi connectivity index (χ1v) is 5.50. The van der Waals surface area contributed by atoms with Crippen molar-refractivity contribution in [3.05, 3.63) is 0 Å². The first kappa shape index (κ1) is 11.5. The van der Waals surface area contributed by atoms with Crippen LogP contribution in [0.4, 0.5) is 0 Å². The van der Waals surface area contributed by atoms with E-state index in [0.717, 1.165) is 32.4 Å². The first-order chi connectivity index (χ1) is 6.46. The Kier molecular flexibility index (Phi) is 3.53. The van der Waals surface area contributed by atoms with E-state index in [1.54, 1.807) is 0 Å². The fraction of sp³-hybridized carbons (Fsp3) is 0.909. The minimum Gasteiger partial charge on any atom is -0.341 e. The average Bonchev–Trinajstić information content (AvgIpc) is 2.15. The highest BCUT2D eigenvalue weighted by Gasteiger charge is 2.29. The van der Waals surface area contributed by atoms with Crippen LogP contribution in [0.3, 0.4) is 0 Å². The summed E-state index contributed by atoms with van der Waals surface area (Å²) in [6.45, 7) is 8.22. The van der Waals surface area contributed by atoms with Gasteiger partial charge in [0.05, 0.1) is 6.04 Å². The zero-order valence-corrected chi connectivity index (χ0v) is 9.55. The third-order valence-corrected chi connectivity index (χ3v) is 3.19. The minimum atomic E-state index is -0.295. The smallest absolute Gasteiger partial charge is 0.239 e. The van der Waals surface area contributed by atoms with E-state index in [2.05, 4.69) is 13.8 Å². The lowest BCUT2D eigenvalue weighted by Crippen LogP contribution is -2.48. The molecule has 14 heavy (non-hydrogen) atoms. The summed E-state index contributed by atoms with van der Waals surface area (Å²) in [5, 5.41) is 0. The maximum absolute atomic E-state index is 11.7. The molecule has 0 spiro atoms. The Labute approximate surface area is 86.6 Å². The van der Waals surface area contributed by atoms with Crippen LogP contribution in [0.5, 0.6) is 0 Å². The Bertz CT molecular complexity index is 203.